The van der Waals surface area contributed by atoms with Crippen LogP contribution in [0.3, 0.4) is 0 Å². The van der Waals surface area contributed by atoms with Crippen LogP contribution in [0.15, 0.2) is 48.5 Å². The van der Waals surface area contributed by atoms with Crippen LogP contribution >= 0.6 is 0 Å². The highest BCUT2D eigenvalue weighted by molar-refractivity contribution is 5.92. The minimum absolute atomic E-state index is 0.348. The molecular weight excluding hydrogens is 448 g/mol. The van der Waals surface area contributed by atoms with Crippen LogP contribution in [0.1, 0.15) is 53.6 Å². The summed E-state index contributed by atoms with van der Waals surface area (Å²) in [5, 5.41) is 0. The van der Waals surface area contributed by atoms with E-state index in [0.717, 1.165) is 63.3 Å². The van der Waals surface area contributed by atoms with Crippen LogP contribution in [-0.2, 0) is 13.1 Å². The number of nitrogens with two attached hydrogens (primary N) is 1. The van der Waals surface area contributed by atoms with E-state index in [9.17, 15) is 4.79 Å². The molecule has 2 aliphatic heterocycles. The number of carbonyl (C=O) groups excluding carboxylic acids is 1. The molecule has 0 aromatic heterocycles. The smallest absolute Gasteiger partial charge is 0.248 e. The zero-order chi connectivity index (χ0) is 25.3. The summed E-state index contributed by atoms with van der Waals surface area (Å²) in [6, 6.07) is 16.5. The van der Waals surface area contributed by atoms with Crippen LogP contribution < -0.4 is 10.5 Å². The first-order valence-electron chi connectivity index (χ1n) is 13.7. The maximum atomic E-state index is 11.5. The van der Waals surface area contributed by atoms with Gasteiger partial charge in [0, 0.05) is 25.2 Å². The zero-order valence-electron chi connectivity index (χ0n) is 22.2. The third kappa shape index (κ3) is 8.05. The van der Waals surface area contributed by atoms with Gasteiger partial charge >= 0.3 is 0 Å². The SMILES string of the molecule is CN(C)CCCOc1ccc(CN2CCC(C3CCN(Cc4cccc(C(N)=O)c4)CC3)CC2)cc1. The summed E-state index contributed by atoms with van der Waals surface area (Å²) in [6.07, 6.45) is 6.26. The molecule has 36 heavy (non-hydrogen) atoms. The lowest BCUT2D eigenvalue weighted by Gasteiger charge is -2.40. The lowest BCUT2D eigenvalue weighted by atomic mass is 9.78. The van der Waals surface area contributed by atoms with Gasteiger partial charge in [-0.1, -0.05) is 24.3 Å². The van der Waals surface area contributed by atoms with E-state index in [1.165, 1.54) is 49.9 Å². The third-order valence-electron chi connectivity index (χ3n) is 7.90. The average molecular weight is 493 g/mol. The largest absolute Gasteiger partial charge is 0.494 e. The van der Waals surface area contributed by atoms with Gasteiger partial charge in [0.05, 0.1) is 6.61 Å². The number of carbonyl (C=O) groups is 1. The van der Waals surface area contributed by atoms with Crippen LogP contribution in [0.4, 0.5) is 0 Å². The summed E-state index contributed by atoms with van der Waals surface area (Å²) in [7, 11) is 4.19. The molecule has 2 aliphatic rings. The molecule has 196 valence electrons. The first-order chi connectivity index (χ1) is 17.5. The molecule has 0 aliphatic carbocycles. The molecule has 0 radical (unpaired) electrons. The molecule has 0 saturated carbocycles. The van der Waals surface area contributed by atoms with Crippen molar-refractivity contribution in [3.05, 3.63) is 65.2 Å². The van der Waals surface area contributed by atoms with Crippen molar-refractivity contribution >= 4 is 5.91 Å². The standard InChI is InChI=1S/C30H44N4O2/c1-32(2)15-4-20-36-29-9-7-24(8-10-29)22-33-16-11-26(12-17-33)27-13-18-34(19-14-27)23-25-5-3-6-28(21-25)30(31)35/h3,5-10,21,26-27H,4,11-20,22-23H2,1-2H3,(H2,31,35). The molecule has 2 heterocycles. The molecule has 6 heteroatoms. The minimum Gasteiger partial charge on any atom is -0.494 e. The van der Waals surface area contributed by atoms with Crippen molar-refractivity contribution in [2.75, 3.05) is 53.4 Å². The van der Waals surface area contributed by atoms with Gasteiger partial charge in [-0.2, -0.15) is 0 Å². The van der Waals surface area contributed by atoms with Gasteiger partial charge in [0.1, 0.15) is 5.75 Å². The first-order valence-corrected chi connectivity index (χ1v) is 13.7. The molecule has 0 bridgehead atoms. The summed E-state index contributed by atoms with van der Waals surface area (Å²) >= 11 is 0. The molecule has 2 saturated heterocycles. The Hall–Kier alpha value is -2.41. The Morgan fingerprint density at radius 1 is 0.889 bits per heavy atom. The lowest BCUT2D eigenvalue weighted by molar-refractivity contribution is 0.0909. The van der Waals surface area contributed by atoms with Gasteiger partial charge in [0.2, 0.25) is 5.91 Å². The molecule has 4 rings (SSSR count). The van der Waals surface area contributed by atoms with Crippen molar-refractivity contribution < 1.29 is 9.53 Å². The Morgan fingerprint density at radius 2 is 1.47 bits per heavy atom. The summed E-state index contributed by atoms with van der Waals surface area (Å²) in [6.45, 7) is 8.47. The molecule has 1 amide bonds. The number of nitrogens with zero attached hydrogens (tertiary/aromatic N) is 3. The second-order valence-corrected chi connectivity index (χ2v) is 10.9. The molecule has 6 nitrogen and oxygen atoms in total. The normalized spacial score (nSPS) is 18.5. The highest BCUT2D eigenvalue weighted by atomic mass is 16.5. The molecule has 0 spiro atoms. The Kier molecular flexibility index (Phi) is 9.79. The topological polar surface area (TPSA) is 62.0 Å². The second kappa shape index (κ2) is 13.2. The number of rotatable bonds is 11. The lowest BCUT2D eigenvalue weighted by Crippen LogP contribution is -2.40. The van der Waals surface area contributed by atoms with Gasteiger partial charge in [-0.15, -0.1) is 0 Å². The van der Waals surface area contributed by atoms with E-state index in [4.69, 9.17) is 10.5 Å². The number of hydrogen-bond acceptors (Lipinski definition) is 5. The van der Waals surface area contributed by atoms with Crippen LogP contribution in [-0.4, -0.2) is 74.0 Å². The van der Waals surface area contributed by atoms with Gasteiger partial charge in [-0.3, -0.25) is 14.6 Å². The van der Waals surface area contributed by atoms with E-state index in [0.29, 0.717) is 5.56 Å². The van der Waals surface area contributed by atoms with E-state index in [1.54, 1.807) is 6.07 Å². The summed E-state index contributed by atoms with van der Waals surface area (Å²) in [5.41, 5.74) is 8.61. The third-order valence-corrected chi connectivity index (χ3v) is 7.90. The van der Waals surface area contributed by atoms with E-state index in [1.807, 2.05) is 12.1 Å². The average Bonchev–Trinajstić information content (AvgIpc) is 2.89. The van der Waals surface area contributed by atoms with Crippen molar-refractivity contribution in [3.8, 4) is 5.75 Å². The first kappa shape index (κ1) is 26.6. The van der Waals surface area contributed by atoms with Gasteiger partial charge in [-0.25, -0.2) is 0 Å². The summed E-state index contributed by atoms with van der Waals surface area (Å²) < 4.78 is 5.88. The highest BCUT2D eigenvalue weighted by Gasteiger charge is 2.29. The zero-order valence-corrected chi connectivity index (χ0v) is 22.2. The van der Waals surface area contributed by atoms with Crippen molar-refractivity contribution in [1.82, 2.24) is 14.7 Å². The molecule has 2 N–H and O–H groups in total. The highest BCUT2D eigenvalue weighted by Crippen LogP contribution is 2.33. The quantitative estimate of drug-likeness (QED) is 0.476. The van der Waals surface area contributed by atoms with Crippen LogP contribution in [0, 0.1) is 11.8 Å². The fourth-order valence-corrected chi connectivity index (χ4v) is 5.77. The van der Waals surface area contributed by atoms with Gasteiger partial charge in [0.15, 0.2) is 0 Å². The van der Waals surface area contributed by atoms with E-state index in [2.05, 4.69) is 59.1 Å². The van der Waals surface area contributed by atoms with Crippen molar-refractivity contribution in [2.45, 2.75) is 45.2 Å². The van der Waals surface area contributed by atoms with Gasteiger partial charge < -0.3 is 15.4 Å². The number of amides is 1. The Bertz CT molecular complexity index is 946. The van der Waals surface area contributed by atoms with Crippen LogP contribution in [0.5, 0.6) is 5.75 Å². The minimum atomic E-state index is -0.348. The Labute approximate surface area is 217 Å². The van der Waals surface area contributed by atoms with Crippen molar-refractivity contribution in [1.29, 1.82) is 0 Å². The number of primary amides is 1. The summed E-state index contributed by atoms with van der Waals surface area (Å²) in [4.78, 5) is 18.8. The predicted octanol–water partition coefficient (Wildman–Crippen LogP) is 4.24. The van der Waals surface area contributed by atoms with Crippen molar-refractivity contribution in [2.24, 2.45) is 17.6 Å². The fraction of sp³-hybridized carbons (Fsp3) is 0.567. The monoisotopic (exact) mass is 492 g/mol. The van der Waals surface area contributed by atoms with E-state index >= 15 is 0 Å². The molecule has 2 aromatic rings. The Balaban J connectivity index is 1.14. The molecular formula is C30H44N4O2. The second-order valence-electron chi connectivity index (χ2n) is 10.9. The maximum Gasteiger partial charge on any atom is 0.248 e. The molecule has 0 atom stereocenters. The van der Waals surface area contributed by atoms with Gasteiger partial charge in [0.25, 0.3) is 0 Å². The Morgan fingerprint density at radius 3 is 2.03 bits per heavy atom. The summed E-state index contributed by atoms with van der Waals surface area (Å²) in [5.74, 6) is 2.34. The van der Waals surface area contributed by atoms with E-state index < -0.39 is 0 Å². The molecule has 2 aromatic carbocycles. The number of likely N-dealkylation sites (tertiary alicyclic amines) is 2. The fourth-order valence-electron chi connectivity index (χ4n) is 5.77. The predicted molar refractivity (Wildman–Crippen MR) is 146 cm³/mol. The maximum absolute atomic E-state index is 11.5. The molecule has 0 unspecified atom stereocenters. The van der Waals surface area contributed by atoms with Crippen LogP contribution in [0.25, 0.3) is 0 Å². The number of benzene rings is 2. The van der Waals surface area contributed by atoms with Crippen molar-refractivity contribution in [3.63, 3.8) is 0 Å². The van der Waals surface area contributed by atoms with Crippen LogP contribution in [0.2, 0.25) is 0 Å². The number of piperidine rings is 2. The van der Waals surface area contributed by atoms with E-state index in [-0.39, 0.29) is 5.91 Å². The number of ether oxygens (including phenoxy) is 1. The number of hydrogen-bond donors (Lipinski definition) is 1. The molecule has 2 fully saturated rings. The van der Waals surface area contributed by atoms with Gasteiger partial charge in [-0.05, 0) is 120 Å².